The Balaban J connectivity index is 2.46. The van der Waals surface area contributed by atoms with E-state index in [9.17, 15) is 26.0 Å². The van der Waals surface area contributed by atoms with E-state index in [0.29, 0.717) is 6.07 Å². The van der Waals surface area contributed by atoms with Gasteiger partial charge in [-0.1, -0.05) is 17.7 Å². The van der Waals surface area contributed by atoms with Gasteiger partial charge in [0.05, 0.1) is 15.1 Å². The number of hydrogen-bond acceptors (Lipinski definition) is 2. The molecule has 0 aliphatic carbocycles. The van der Waals surface area contributed by atoms with Crippen LogP contribution in [-0.2, 0) is 16.2 Å². The van der Waals surface area contributed by atoms with E-state index in [-0.39, 0.29) is 4.90 Å². The Kier molecular flexibility index (Phi) is 4.72. The number of benzene rings is 2. The number of halogens is 5. The van der Waals surface area contributed by atoms with Crippen LogP contribution in [0.25, 0.3) is 0 Å². The van der Waals surface area contributed by atoms with Gasteiger partial charge in [-0.15, -0.1) is 0 Å². The van der Waals surface area contributed by atoms with Crippen molar-refractivity contribution < 1.29 is 26.0 Å². The molecule has 2 aromatic carbocycles. The quantitative estimate of drug-likeness (QED) is 0.742. The van der Waals surface area contributed by atoms with Crippen LogP contribution < -0.4 is 4.72 Å². The van der Waals surface area contributed by atoms with Gasteiger partial charge in [0.25, 0.3) is 10.0 Å². The van der Waals surface area contributed by atoms with Crippen LogP contribution in [0.3, 0.4) is 0 Å². The lowest BCUT2D eigenvalue weighted by atomic mass is 10.2. The van der Waals surface area contributed by atoms with Gasteiger partial charge in [-0.2, -0.15) is 13.2 Å². The lowest BCUT2D eigenvalue weighted by Crippen LogP contribution is -2.16. The summed E-state index contributed by atoms with van der Waals surface area (Å²) >= 11 is 2.62. The zero-order valence-corrected chi connectivity index (χ0v) is 14.0. The Morgan fingerprint density at radius 3 is 2.13 bits per heavy atom. The minimum Gasteiger partial charge on any atom is -0.278 e. The normalized spacial score (nSPS) is 12.3. The van der Waals surface area contributed by atoms with Crippen molar-refractivity contribution in [3.8, 4) is 0 Å². The summed E-state index contributed by atoms with van der Waals surface area (Å²) in [6, 6.07) is 7.21. The maximum Gasteiger partial charge on any atom is 0.420 e. The number of nitrogens with one attached hydrogen (secondary N) is 1. The molecule has 0 aromatic heterocycles. The molecule has 0 amide bonds. The smallest absolute Gasteiger partial charge is 0.278 e. The highest BCUT2D eigenvalue weighted by Crippen LogP contribution is 2.40. The van der Waals surface area contributed by atoms with Gasteiger partial charge in [0.15, 0.2) is 0 Å². The largest absolute Gasteiger partial charge is 0.420 e. The highest BCUT2D eigenvalue weighted by atomic mass is 79.9. The van der Waals surface area contributed by atoms with E-state index in [0.717, 1.165) is 11.6 Å². The summed E-state index contributed by atoms with van der Waals surface area (Å²) < 4.78 is 77.6. The zero-order chi connectivity index (χ0) is 17.4. The fourth-order valence-corrected chi connectivity index (χ4v) is 3.66. The first-order valence-electron chi connectivity index (χ1n) is 6.17. The van der Waals surface area contributed by atoms with Gasteiger partial charge in [-0.3, -0.25) is 4.72 Å². The summed E-state index contributed by atoms with van der Waals surface area (Å²) in [6.45, 7) is 1.76. The van der Waals surface area contributed by atoms with E-state index >= 15 is 0 Å². The number of hydrogen-bond donors (Lipinski definition) is 1. The first-order chi connectivity index (χ1) is 10.5. The number of anilines is 1. The number of aryl methyl sites for hydroxylation is 1. The Hall–Kier alpha value is -1.61. The molecule has 0 atom stereocenters. The van der Waals surface area contributed by atoms with Crippen LogP contribution >= 0.6 is 15.9 Å². The van der Waals surface area contributed by atoms with Gasteiger partial charge >= 0.3 is 6.18 Å². The molecular weight excluding hydrogens is 402 g/mol. The molecule has 3 nitrogen and oxygen atoms in total. The monoisotopic (exact) mass is 411 g/mol. The number of alkyl halides is 3. The number of rotatable bonds is 3. The Morgan fingerprint density at radius 1 is 1.04 bits per heavy atom. The minimum atomic E-state index is -4.96. The average molecular weight is 412 g/mol. The van der Waals surface area contributed by atoms with Gasteiger partial charge in [0.2, 0.25) is 0 Å². The van der Waals surface area contributed by atoms with Crippen molar-refractivity contribution in [2.45, 2.75) is 18.0 Å². The molecule has 0 heterocycles. The first-order valence-corrected chi connectivity index (χ1v) is 8.44. The molecule has 2 rings (SSSR count). The van der Waals surface area contributed by atoms with Crippen molar-refractivity contribution in [1.82, 2.24) is 0 Å². The van der Waals surface area contributed by atoms with Gasteiger partial charge in [-0.25, -0.2) is 12.8 Å². The summed E-state index contributed by atoms with van der Waals surface area (Å²) in [5.74, 6) is -1.50. The van der Waals surface area contributed by atoms with Crippen molar-refractivity contribution in [3.05, 3.63) is 57.8 Å². The third-order valence-corrected chi connectivity index (χ3v) is 5.16. The van der Waals surface area contributed by atoms with Crippen LogP contribution in [0.4, 0.5) is 23.2 Å². The first kappa shape index (κ1) is 17.7. The molecule has 0 aliphatic heterocycles. The predicted molar refractivity (Wildman–Crippen MR) is 81.1 cm³/mol. The van der Waals surface area contributed by atoms with E-state index in [4.69, 9.17) is 0 Å². The van der Waals surface area contributed by atoms with E-state index in [1.54, 1.807) is 19.1 Å². The summed E-state index contributed by atoms with van der Waals surface area (Å²) in [5, 5.41) is 0. The average Bonchev–Trinajstić information content (AvgIpc) is 2.41. The molecule has 0 fully saturated rings. The van der Waals surface area contributed by atoms with Crippen LogP contribution in [0.5, 0.6) is 0 Å². The van der Waals surface area contributed by atoms with Crippen LogP contribution in [0.2, 0.25) is 0 Å². The maximum absolute atomic E-state index is 13.4. The van der Waals surface area contributed by atoms with E-state index in [2.05, 4.69) is 15.9 Å². The summed E-state index contributed by atoms with van der Waals surface area (Å²) in [7, 11) is -4.10. The molecule has 23 heavy (non-hydrogen) atoms. The Bertz CT molecular complexity index is 833. The standard InChI is InChI=1S/C14H10BrF4NO2S/c1-8-2-4-9(5-3-8)23(21,22)20-11-7-6-10(16)12(13(11)15)14(17,18)19/h2-7,20H,1H3. The van der Waals surface area contributed by atoms with E-state index < -0.39 is 37.7 Å². The molecule has 0 spiro atoms. The van der Waals surface area contributed by atoms with Crippen LogP contribution in [-0.4, -0.2) is 8.42 Å². The van der Waals surface area contributed by atoms with Crippen LogP contribution in [0, 0.1) is 12.7 Å². The highest BCUT2D eigenvalue weighted by Gasteiger charge is 2.37. The van der Waals surface area contributed by atoms with Crippen molar-refractivity contribution >= 4 is 31.6 Å². The molecule has 0 saturated carbocycles. The van der Waals surface area contributed by atoms with Gasteiger partial charge in [-0.05, 0) is 47.1 Å². The molecule has 0 radical (unpaired) electrons. The topological polar surface area (TPSA) is 46.2 Å². The predicted octanol–water partition coefficient (Wildman–Crippen LogP) is 4.72. The highest BCUT2D eigenvalue weighted by molar-refractivity contribution is 9.10. The molecular formula is C14H10BrF4NO2S. The molecule has 0 aliphatic rings. The summed E-state index contributed by atoms with van der Waals surface area (Å²) in [4.78, 5) is -0.118. The Labute approximate surface area is 138 Å². The lowest BCUT2D eigenvalue weighted by molar-refractivity contribution is -0.140. The van der Waals surface area contributed by atoms with Crippen molar-refractivity contribution in [2.75, 3.05) is 4.72 Å². The fraction of sp³-hybridized carbons (Fsp3) is 0.143. The second-order valence-corrected chi connectivity index (χ2v) is 7.18. The second kappa shape index (κ2) is 6.12. The lowest BCUT2D eigenvalue weighted by Gasteiger charge is -2.15. The second-order valence-electron chi connectivity index (χ2n) is 4.70. The molecule has 9 heteroatoms. The van der Waals surface area contributed by atoms with Crippen LogP contribution in [0.15, 0.2) is 45.8 Å². The molecule has 0 bridgehead atoms. The van der Waals surface area contributed by atoms with Crippen molar-refractivity contribution in [1.29, 1.82) is 0 Å². The van der Waals surface area contributed by atoms with E-state index in [1.807, 2.05) is 4.72 Å². The number of sulfonamides is 1. The molecule has 1 N–H and O–H groups in total. The van der Waals surface area contributed by atoms with Crippen LogP contribution in [0.1, 0.15) is 11.1 Å². The molecule has 0 unspecified atom stereocenters. The van der Waals surface area contributed by atoms with Crippen molar-refractivity contribution in [2.24, 2.45) is 0 Å². The maximum atomic E-state index is 13.4. The summed E-state index contributed by atoms with van der Waals surface area (Å²) in [6.07, 6.45) is -4.96. The van der Waals surface area contributed by atoms with Gasteiger partial charge < -0.3 is 0 Å². The van der Waals surface area contributed by atoms with Gasteiger partial charge in [0.1, 0.15) is 11.4 Å². The van der Waals surface area contributed by atoms with E-state index in [1.165, 1.54) is 12.1 Å². The Morgan fingerprint density at radius 2 is 1.61 bits per heavy atom. The SMILES string of the molecule is Cc1ccc(S(=O)(=O)Nc2ccc(F)c(C(F)(F)F)c2Br)cc1. The third-order valence-electron chi connectivity index (χ3n) is 2.95. The third kappa shape index (κ3) is 3.84. The summed E-state index contributed by atoms with van der Waals surface area (Å²) in [5.41, 5.74) is -1.15. The zero-order valence-electron chi connectivity index (χ0n) is 11.6. The molecule has 0 saturated heterocycles. The molecule has 2 aromatic rings. The fourth-order valence-electron chi connectivity index (χ4n) is 1.81. The molecule has 124 valence electrons. The minimum absolute atomic E-state index is 0.118. The van der Waals surface area contributed by atoms with Gasteiger partial charge in [0, 0.05) is 0 Å². The van der Waals surface area contributed by atoms with Crippen molar-refractivity contribution in [3.63, 3.8) is 0 Å².